The number of rotatable bonds is 3. The van der Waals surface area contributed by atoms with E-state index in [9.17, 15) is 0 Å². The summed E-state index contributed by atoms with van der Waals surface area (Å²) in [5.41, 5.74) is 10.6. The molecule has 50 heavy (non-hydrogen) atoms. The Morgan fingerprint density at radius 3 is 1.34 bits per heavy atom. The summed E-state index contributed by atoms with van der Waals surface area (Å²) in [5, 5.41) is 11.7. The largest absolute Gasteiger partial charge is 0.452 e. The third-order valence-corrected chi connectivity index (χ3v) is 10.4. The molecule has 0 radical (unpaired) electrons. The van der Waals surface area contributed by atoms with Crippen LogP contribution in [0.1, 0.15) is 0 Å². The lowest BCUT2D eigenvalue weighted by Crippen LogP contribution is -1.91. The van der Waals surface area contributed by atoms with Gasteiger partial charge in [-0.1, -0.05) is 127 Å². The van der Waals surface area contributed by atoms with Crippen molar-refractivity contribution in [2.75, 3.05) is 0 Å². The first-order valence-electron chi connectivity index (χ1n) is 17.1. The highest BCUT2D eigenvalue weighted by molar-refractivity contribution is 6.23. The van der Waals surface area contributed by atoms with E-state index in [1.54, 1.807) is 0 Å². The maximum Gasteiger partial charge on any atom is 0.178 e. The molecule has 0 spiro atoms. The van der Waals surface area contributed by atoms with Gasteiger partial charge in [-0.05, 0) is 108 Å². The molecule has 0 bridgehead atoms. The second-order valence-corrected chi connectivity index (χ2v) is 13.2. The van der Waals surface area contributed by atoms with Gasteiger partial charge in [0.05, 0.1) is 0 Å². The van der Waals surface area contributed by atoms with Crippen molar-refractivity contribution in [3.05, 3.63) is 170 Å². The van der Waals surface area contributed by atoms with E-state index in [0.717, 1.165) is 49.4 Å². The van der Waals surface area contributed by atoms with Crippen molar-refractivity contribution in [1.82, 2.24) is 0 Å². The Bertz CT molecular complexity index is 3080. The van der Waals surface area contributed by atoms with E-state index in [1.165, 1.54) is 60.1 Å². The zero-order valence-corrected chi connectivity index (χ0v) is 27.0. The number of hydrogen-bond acceptors (Lipinski definition) is 2. The van der Waals surface area contributed by atoms with Crippen LogP contribution in [0.4, 0.5) is 0 Å². The van der Waals surface area contributed by atoms with Crippen LogP contribution in [0.2, 0.25) is 0 Å². The zero-order valence-electron chi connectivity index (χ0n) is 27.0. The molecule has 11 aromatic rings. The molecule has 0 saturated heterocycles. The second-order valence-electron chi connectivity index (χ2n) is 13.2. The maximum absolute atomic E-state index is 6.66. The van der Waals surface area contributed by atoms with E-state index in [1.807, 2.05) is 18.2 Å². The SMILES string of the molecule is c1ccc(-c2ccc3cc(-c4c5ccccc5c(-c5ccc6c(c5)oc5c6ccc6c7ccccc7oc65)c5ccccc45)ccc3c2)cc1. The molecule has 9 aromatic carbocycles. The molecule has 0 unspecified atom stereocenters. The molecule has 11 rings (SSSR count). The highest BCUT2D eigenvalue weighted by atomic mass is 16.4. The smallest absolute Gasteiger partial charge is 0.178 e. The van der Waals surface area contributed by atoms with Crippen LogP contribution in [0, 0.1) is 0 Å². The Kier molecular flexibility index (Phi) is 5.70. The van der Waals surface area contributed by atoms with Gasteiger partial charge in [0.15, 0.2) is 11.2 Å². The van der Waals surface area contributed by atoms with Gasteiger partial charge in [-0.3, -0.25) is 0 Å². The van der Waals surface area contributed by atoms with Gasteiger partial charge in [-0.2, -0.15) is 0 Å². The molecule has 0 N–H and O–H groups in total. The standard InChI is InChI=1S/C48H28O2/c1-2-10-29(11-3-1)30-18-19-32-27-33(21-20-31(32)26-30)45-37-13-4-6-15-39(37)46(40-16-7-5-14-38(40)45)34-22-23-36-42-25-24-41-35-12-8-9-17-43(35)49-47(41)48(42)50-44(36)28-34/h1-28H. The monoisotopic (exact) mass is 636 g/mol. The highest BCUT2D eigenvalue weighted by Gasteiger charge is 2.20. The van der Waals surface area contributed by atoms with Crippen molar-refractivity contribution < 1.29 is 8.83 Å². The molecule has 0 aliphatic heterocycles. The average Bonchev–Trinajstić information content (AvgIpc) is 3.75. The lowest BCUT2D eigenvalue weighted by atomic mass is 9.85. The van der Waals surface area contributed by atoms with E-state index in [-0.39, 0.29) is 0 Å². The highest BCUT2D eigenvalue weighted by Crippen LogP contribution is 2.46. The van der Waals surface area contributed by atoms with E-state index < -0.39 is 0 Å². The first kappa shape index (κ1) is 27.3. The van der Waals surface area contributed by atoms with E-state index in [2.05, 4.69) is 152 Å². The van der Waals surface area contributed by atoms with Crippen molar-refractivity contribution in [3.8, 4) is 33.4 Å². The zero-order chi connectivity index (χ0) is 32.8. The van der Waals surface area contributed by atoms with Gasteiger partial charge in [-0.25, -0.2) is 0 Å². The van der Waals surface area contributed by atoms with E-state index >= 15 is 0 Å². The number of furan rings is 2. The molecule has 0 atom stereocenters. The predicted molar refractivity (Wildman–Crippen MR) is 210 cm³/mol. The molecule has 2 heteroatoms. The van der Waals surface area contributed by atoms with Crippen LogP contribution in [0.3, 0.4) is 0 Å². The van der Waals surface area contributed by atoms with Crippen LogP contribution in [0.25, 0.3) is 110 Å². The van der Waals surface area contributed by atoms with Gasteiger partial charge in [0.2, 0.25) is 0 Å². The average molecular weight is 637 g/mol. The molecule has 2 heterocycles. The predicted octanol–water partition coefficient (Wildman–Crippen LogP) is 13.9. The van der Waals surface area contributed by atoms with Crippen molar-refractivity contribution in [2.45, 2.75) is 0 Å². The Morgan fingerprint density at radius 2 is 0.700 bits per heavy atom. The minimum Gasteiger partial charge on any atom is -0.452 e. The molecule has 0 aliphatic carbocycles. The summed E-state index contributed by atoms with van der Waals surface area (Å²) < 4.78 is 13.0. The Morgan fingerprint density at radius 1 is 0.260 bits per heavy atom. The summed E-state index contributed by atoms with van der Waals surface area (Å²) >= 11 is 0. The summed E-state index contributed by atoms with van der Waals surface area (Å²) in [6, 6.07) is 61.0. The molecular formula is C48H28O2. The topological polar surface area (TPSA) is 26.3 Å². The quantitative estimate of drug-likeness (QED) is 0.180. The summed E-state index contributed by atoms with van der Waals surface area (Å²) in [7, 11) is 0. The molecule has 2 nitrogen and oxygen atoms in total. The van der Waals surface area contributed by atoms with E-state index in [4.69, 9.17) is 8.83 Å². The fraction of sp³-hybridized carbons (Fsp3) is 0. The normalized spacial score (nSPS) is 12.0. The number of hydrogen-bond donors (Lipinski definition) is 0. The summed E-state index contributed by atoms with van der Waals surface area (Å²) in [4.78, 5) is 0. The lowest BCUT2D eigenvalue weighted by molar-refractivity contribution is 0.633. The first-order chi connectivity index (χ1) is 24.8. The van der Waals surface area contributed by atoms with Gasteiger partial charge in [0.1, 0.15) is 11.2 Å². The van der Waals surface area contributed by atoms with E-state index in [0.29, 0.717) is 0 Å². The van der Waals surface area contributed by atoms with Gasteiger partial charge in [0.25, 0.3) is 0 Å². The Balaban J connectivity index is 1.12. The van der Waals surface area contributed by atoms with Crippen LogP contribution in [0.5, 0.6) is 0 Å². The van der Waals surface area contributed by atoms with Gasteiger partial charge >= 0.3 is 0 Å². The summed E-state index contributed by atoms with van der Waals surface area (Å²) in [6.45, 7) is 0. The van der Waals surface area contributed by atoms with Gasteiger partial charge in [0, 0.05) is 21.5 Å². The fourth-order valence-corrected chi connectivity index (χ4v) is 8.13. The molecule has 0 saturated carbocycles. The number of benzene rings is 9. The molecule has 0 fully saturated rings. The Labute approximate surface area is 287 Å². The number of fused-ring (bicyclic) bond motifs is 10. The van der Waals surface area contributed by atoms with Crippen molar-refractivity contribution in [1.29, 1.82) is 0 Å². The first-order valence-corrected chi connectivity index (χ1v) is 17.1. The van der Waals surface area contributed by atoms with Gasteiger partial charge in [-0.15, -0.1) is 0 Å². The van der Waals surface area contributed by atoms with Crippen LogP contribution < -0.4 is 0 Å². The molecule has 0 amide bonds. The van der Waals surface area contributed by atoms with Crippen molar-refractivity contribution in [3.63, 3.8) is 0 Å². The van der Waals surface area contributed by atoms with Crippen molar-refractivity contribution in [2.24, 2.45) is 0 Å². The minimum atomic E-state index is 0.795. The molecule has 2 aromatic heterocycles. The summed E-state index contributed by atoms with van der Waals surface area (Å²) in [6.07, 6.45) is 0. The van der Waals surface area contributed by atoms with Crippen molar-refractivity contribution >= 4 is 76.2 Å². The Hall–Kier alpha value is -6.64. The van der Waals surface area contributed by atoms with Crippen LogP contribution in [0.15, 0.2) is 179 Å². The number of para-hydroxylation sites is 1. The molecule has 0 aliphatic rings. The van der Waals surface area contributed by atoms with Gasteiger partial charge < -0.3 is 8.83 Å². The summed E-state index contributed by atoms with van der Waals surface area (Å²) in [5.74, 6) is 0. The second kappa shape index (κ2) is 10.4. The maximum atomic E-state index is 6.66. The van der Waals surface area contributed by atoms with Crippen LogP contribution >= 0.6 is 0 Å². The third-order valence-electron chi connectivity index (χ3n) is 10.4. The fourth-order valence-electron chi connectivity index (χ4n) is 8.13. The van der Waals surface area contributed by atoms with Crippen LogP contribution in [-0.2, 0) is 0 Å². The molecular weight excluding hydrogens is 609 g/mol. The lowest BCUT2D eigenvalue weighted by Gasteiger charge is -2.18. The molecule has 232 valence electrons. The third kappa shape index (κ3) is 3.96. The minimum absolute atomic E-state index is 0.795. The van der Waals surface area contributed by atoms with Crippen LogP contribution in [-0.4, -0.2) is 0 Å².